The van der Waals surface area contributed by atoms with Crippen LogP contribution in [0.25, 0.3) is 82.3 Å². The third-order valence-electron chi connectivity index (χ3n) is 12.0. The van der Waals surface area contributed by atoms with E-state index in [1.54, 1.807) is 0 Å². The lowest BCUT2D eigenvalue weighted by molar-refractivity contribution is 1.20. The number of hydrogen-bond donors (Lipinski definition) is 0. The van der Waals surface area contributed by atoms with Crippen molar-refractivity contribution in [3.05, 3.63) is 265 Å². The van der Waals surface area contributed by atoms with E-state index < -0.39 is 0 Å². The van der Waals surface area contributed by atoms with Gasteiger partial charge in [-0.3, -0.25) is 0 Å². The van der Waals surface area contributed by atoms with Gasteiger partial charge in [0.05, 0.1) is 11.2 Å². The van der Waals surface area contributed by atoms with Crippen molar-refractivity contribution >= 4 is 48.8 Å². The van der Waals surface area contributed by atoms with Crippen molar-refractivity contribution in [3.8, 4) is 33.5 Å². The molecule has 0 N–H and O–H groups in total. The zero-order valence-electron chi connectivity index (χ0n) is 34.8. The molecule has 294 valence electrons. The topological polar surface area (TPSA) is 12.9 Å². The number of allylic oxidation sites excluding steroid dienone is 6. The number of pyridine rings is 1. The lowest BCUT2D eigenvalue weighted by atomic mass is 9.87. The van der Waals surface area contributed by atoms with Crippen LogP contribution in [0.5, 0.6) is 0 Å². The van der Waals surface area contributed by atoms with Crippen LogP contribution < -0.4 is 0 Å². The number of aromatic nitrogens is 1. The summed E-state index contributed by atoms with van der Waals surface area (Å²) in [6.45, 7) is 6.47. The molecule has 1 aromatic heterocycles. The van der Waals surface area contributed by atoms with Crippen LogP contribution >= 0.6 is 0 Å². The molecular weight excluding hydrogens is 747 g/mol. The Morgan fingerprint density at radius 3 is 2.02 bits per heavy atom. The van der Waals surface area contributed by atoms with Crippen molar-refractivity contribution in [2.24, 2.45) is 0 Å². The van der Waals surface area contributed by atoms with Crippen LogP contribution in [0.1, 0.15) is 29.2 Å². The molecule has 1 nitrogen and oxygen atoms in total. The molecule has 0 aliphatic rings. The van der Waals surface area contributed by atoms with Crippen LogP contribution in [0, 0.1) is 0 Å². The lowest BCUT2D eigenvalue weighted by Crippen LogP contribution is -1.99. The van der Waals surface area contributed by atoms with Crippen LogP contribution in [0.15, 0.2) is 243 Å². The Bertz CT molecular complexity index is 3400. The normalized spacial score (nSPS) is 12.0. The Labute approximate surface area is 364 Å². The van der Waals surface area contributed by atoms with Crippen LogP contribution in [0.4, 0.5) is 0 Å². The molecule has 1 heteroatoms. The van der Waals surface area contributed by atoms with Crippen molar-refractivity contribution in [1.29, 1.82) is 0 Å². The molecule has 0 bridgehead atoms. The highest BCUT2D eigenvalue weighted by Gasteiger charge is 2.17. The Morgan fingerprint density at radius 2 is 1.18 bits per heavy atom. The van der Waals surface area contributed by atoms with E-state index in [0.29, 0.717) is 0 Å². The molecule has 0 atom stereocenters. The van der Waals surface area contributed by atoms with E-state index in [2.05, 4.69) is 225 Å². The van der Waals surface area contributed by atoms with Gasteiger partial charge in [-0.25, -0.2) is 4.98 Å². The quantitative estimate of drug-likeness (QED) is 0.0993. The van der Waals surface area contributed by atoms with Gasteiger partial charge in [0.15, 0.2) is 0 Å². The minimum absolute atomic E-state index is 0.779. The van der Waals surface area contributed by atoms with Gasteiger partial charge in [-0.2, -0.15) is 0 Å². The van der Waals surface area contributed by atoms with Gasteiger partial charge in [-0.1, -0.05) is 207 Å². The molecule has 0 spiro atoms. The molecule has 0 aliphatic heterocycles. The molecule has 0 aliphatic carbocycles. The first-order valence-corrected chi connectivity index (χ1v) is 21.4. The molecule has 10 rings (SSSR count). The van der Waals surface area contributed by atoms with Gasteiger partial charge in [0.25, 0.3) is 0 Å². The number of rotatable bonds is 10. The summed E-state index contributed by atoms with van der Waals surface area (Å²) in [5, 5.41) is 8.53. The number of fused-ring (bicyclic) bond motifs is 5. The molecule has 0 unspecified atom stereocenters. The Kier molecular flexibility index (Phi) is 10.5. The molecule has 1 heterocycles. The first-order valence-electron chi connectivity index (χ1n) is 21.4. The fourth-order valence-electron chi connectivity index (χ4n) is 8.95. The number of nitrogens with zero attached hydrogens (tertiary/aromatic N) is 1. The monoisotopic (exact) mass is 791 g/mol. The van der Waals surface area contributed by atoms with Gasteiger partial charge in [0.1, 0.15) is 0 Å². The molecule has 0 fully saturated rings. The predicted molar refractivity (Wildman–Crippen MR) is 266 cm³/mol. The summed E-state index contributed by atoms with van der Waals surface area (Å²) in [7, 11) is 0. The fraction of sp³-hybridized carbons (Fsp3) is 0.0328. The van der Waals surface area contributed by atoms with Crippen molar-refractivity contribution in [3.63, 3.8) is 0 Å². The number of hydrogen-bond acceptors (Lipinski definition) is 1. The summed E-state index contributed by atoms with van der Waals surface area (Å²) in [5.41, 5.74) is 14.8. The fourth-order valence-corrected chi connectivity index (χ4v) is 8.95. The zero-order chi connectivity index (χ0) is 41.8. The summed E-state index contributed by atoms with van der Waals surface area (Å²) in [6, 6.07) is 72.6. The zero-order valence-corrected chi connectivity index (χ0v) is 34.8. The Hall–Kier alpha value is -7.87. The molecular formula is C61H45N. The largest absolute Gasteiger partial charge is 0.248 e. The van der Waals surface area contributed by atoms with E-state index in [1.165, 1.54) is 82.2 Å². The average Bonchev–Trinajstić information content (AvgIpc) is 3.33. The Morgan fingerprint density at radius 1 is 0.500 bits per heavy atom. The van der Waals surface area contributed by atoms with Crippen molar-refractivity contribution in [2.75, 3.05) is 0 Å². The molecule has 0 saturated heterocycles. The Balaban J connectivity index is 1.07. The van der Waals surface area contributed by atoms with E-state index in [9.17, 15) is 0 Å². The van der Waals surface area contributed by atoms with E-state index in [4.69, 9.17) is 4.98 Å². The minimum Gasteiger partial charge on any atom is -0.248 e. The van der Waals surface area contributed by atoms with Gasteiger partial charge in [0, 0.05) is 10.9 Å². The second-order valence-electron chi connectivity index (χ2n) is 15.9. The predicted octanol–water partition coefficient (Wildman–Crippen LogP) is 16.4. The van der Waals surface area contributed by atoms with Crippen molar-refractivity contribution < 1.29 is 0 Å². The highest BCUT2D eigenvalue weighted by molar-refractivity contribution is 6.14. The van der Waals surface area contributed by atoms with Crippen LogP contribution in [0.2, 0.25) is 0 Å². The standard InChI is InChI=1S/C61H45N/c1-3-4-6-18-42(2)37-57(51-32-31-43-19-9-10-23-46(43)38-51)53-28-13-12-24-47(53)40-50-33-35-54(56-30-16-15-27-52(50)56)48-25-17-26-49(39-48)58-41-60(45-21-7-5-8-22-45)62-59-36-34-44-20-11-14-29-55(44)61(58)59/h3-39,41H,2,40H2,1H3/b4-3-,18-6-,57-37-. The van der Waals surface area contributed by atoms with Crippen molar-refractivity contribution in [2.45, 2.75) is 13.3 Å². The maximum absolute atomic E-state index is 5.21. The lowest BCUT2D eigenvalue weighted by Gasteiger charge is -2.17. The molecule has 0 amide bonds. The van der Waals surface area contributed by atoms with Gasteiger partial charge in [-0.05, 0) is 132 Å². The smallest absolute Gasteiger partial charge is 0.0722 e. The third-order valence-corrected chi connectivity index (χ3v) is 12.0. The van der Waals surface area contributed by atoms with Gasteiger partial charge in [0.2, 0.25) is 0 Å². The second kappa shape index (κ2) is 17.0. The highest BCUT2D eigenvalue weighted by Crippen LogP contribution is 2.40. The summed E-state index contributed by atoms with van der Waals surface area (Å²) >= 11 is 0. The number of benzene rings is 9. The molecule has 0 saturated carbocycles. The van der Waals surface area contributed by atoms with Crippen LogP contribution in [-0.4, -0.2) is 4.98 Å². The van der Waals surface area contributed by atoms with E-state index in [1.807, 2.05) is 19.1 Å². The van der Waals surface area contributed by atoms with Gasteiger partial charge < -0.3 is 0 Å². The van der Waals surface area contributed by atoms with E-state index in [-0.39, 0.29) is 0 Å². The summed E-state index contributed by atoms with van der Waals surface area (Å²) < 4.78 is 0. The average molecular weight is 792 g/mol. The minimum atomic E-state index is 0.779. The maximum Gasteiger partial charge on any atom is 0.0722 e. The second-order valence-corrected chi connectivity index (χ2v) is 15.9. The van der Waals surface area contributed by atoms with Gasteiger partial charge in [-0.15, -0.1) is 0 Å². The van der Waals surface area contributed by atoms with E-state index in [0.717, 1.165) is 34.3 Å². The van der Waals surface area contributed by atoms with Gasteiger partial charge >= 0.3 is 0 Å². The molecule has 9 aromatic carbocycles. The first kappa shape index (κ1) is 38.3. The first-order chi connectivity index (χ1) is 30.6. The van der Waals surface area contributed by atoms with Crippen LogP contribution in [-0.2, 0) is 6.42 Å². The molecule has 10 aromatic rings. The van der Waals surface area contributed by atoms with Crippen LogP contribution in [0.3, 0.4) is 0 Å². The highest BCUT2D eigenvalue weighted by atomic mass is 14.7. The SMILES string of the molecule is C=C(/C=C\C=C/C)/C=C(/c1ccc2ccccc2c1)c1ccccc1Cc1ccc(-c2cccc(-c3cc(-c4ccccc4)nc4ccc5ccccc5c34)c2)c2ccccc12. The maximum atomic E-state index is 5.21. The van der Waals surface area contributed by atoms with E-state index >= 15 is 0 Å². The summed E-state index contributed by atoms with van der Waals surface area (Å²) in [4.78, 5) is 5.21. The third kappa shape index (κ3) is 7.58. The molecule has 0 radical (unpaired) electrons. The molecule has 62 heavy (non-hydrogen) atoms. The summed E-state index contributed by atoms with van der Waals surface area (Å²) in [6.07, 6.45) is 11.2. The summed E-state index contributed by atoms with van der Waals surface area (Å²) in [5.74, 6) is 0. The van der Waals surface area contributed by atoms with Crippen molar-refractivity contribution in [1.82, 2.24) is 4.98 Å².